The van der Waals surface area contributed by atoms with Gasteiger partial charge in [-0.2, -0.15) is 0 Å². The van der Waals surface area contributed by atoms with Crippen LogP contribution < -0.4 is 0 Å². The molecule has 0 saturated carbocycles. The topological polar surface area (TPSA) is 6.48 Å². The lowest BCUT2D eigenvalue weighted by molar-refractivity contribution is -0.913. The lowest BCUT2D eigenvalue weighted by atomic mass is 10.1. The van der Waals surface area contributed by atoms with Crippen LogP contribution in [0.15, 0.2) is 0 Å². The maximum absolute atomic E-state index is 2.48. The molecule has 2 fully saturated rings. The van der Waals surface area contributed by atoms with E-state index in [1.54, 1.807) is 0 Å². The number of unbranched alkanes of at least 4 members (excludes halogenated alkanes) is 7. The maximum atomic E-state index is 2.48. The molecule has 0 aromatic carbocycles. The largest absolute Gasteiger partial charge is 0.324 e. The molecule has 26 heavy (non-hydrogen) atoms. The van der Waals surface area contributed by atoms with Crippen LogP contribution in [0.2, 0.25) is 0 Å². The Bertz CT molecular complexity index is 332. The lowest BCUT2D eigenvalue weighted by Gasteiger charge is -2.41. The highest BCUT2D eigenvalue weighted by atomic mass is 15.4. The summed E-state index contributed by atoms with van der Waals surface area (Å²) in [5.41, 5.74) is 0. The quantitative estimate of drug-likeness (QED) is 0.409. The van der Waals surface area contributed by atoms with Gasteiger partial charge in [0.25, 0.3) is 0 Å². The molecule has 4 nitrogen and oxygen atoms in total. The minimum absolute atomic E-state index is 1.28. The Balaban J connectivity index is 1.38. The number of likely N-dealkylation sites (N-methyl/N-ethyl adjacent to an activating group) is 4. The predicted molar refractivity (Wildman–Crippen MR) is 114 cm³/mol. The molecule has 4 heteroatoms. The lowest BCUT2D eigenvalue weighted by Crippen LogP contribution is -2.56. The molecular weight excluding hydrogens is 320 g/mol. The molecule has 154 valence electrons. The van der Waals surface area contributed by atoms with E-state index in [0.29, 0.717) is 0 Å². The van der Waals surface area contributed by atoms with Gasteiger partial charge in [-0.3, -0.25) is 9.80 Å². The first kappa shape index (κ1) is 22.1. The highest BCUT2D eigenvalue weighted by molar-refractivity contribution is 4.60. The molecule has 2 heterocycles. The molecule has 2 rings (SSSR count). The summed E-state index contributed by atoms with van der Waals surface area (Å²) in [6.07, 6.45) is 11.6. The molecule has 2 aliphatic rings. The molecule has 0 aliphatic carbocycles. The summed E-state index contributed by atoms with van der Waals surface area (Å²) in [4.78, 5) is 4.96. The maximum Gasteiger partial charge on any atom is 0.0914 e. The molecule has 0 N–H and O–H groups in total. The third-order valence-electron chi connectivity index (χ3n) is 7.23. The van der Waals surface area contributed by atoms with Crippen molar-refractivity contribution in [3.05, 3.63) is 0 Å². The van der Waals surface area contributed by atoms with Gasteiger partial charge in [0.05, 0.1) is 53.4 Å². The van der Waals surface area contributed by atoms with Crippen LogP contribution >= 0.6 is 0 Å². The third-order valence-corrected chi connectivity index (χ3v) is 7.23. The average Bonchev–Trinajstić information content (AvgIpc) is 2.62. The summed E-state index contributed by atoms with van der Waals surface area (Å²) >= 11 is 0. The van der Waals surface area contributed by atoms with E-state index < -0.39 is 0 Å². The van der Waals surface area contributed by atoms with Crippen LogP contribution in [0.5, 0.6) is 0 Å². The first-order valence-electron chi connectivity index (χ1n) is 11.5. The highest BCUT2D eigenvalue weighted by Crippen LogP contribution is 2.15. The summed E-state index contributed by atoms with van der Waals surface area (Å²) in [5.74, 6) is 0. The van der Waals surface area contributed by atoms with E-state index in [0.717, 1.165) is 0 Å². The zero-order valence-corrected chi connectivity index (χ0v) is 18.5. The smallest absolute Gasteiger partial charge is 0.0914 e. The van der Waals surface area contributed by atoms with Crippen LogP contribution in [0, 0.1) is 0 Å². The number of piperazine rings is 2. The fourth-order valence-electron chi connectivity index (χ4n) is 4.59. The number of nitrogens with zero attached hydrogens (tertiary/aromatic N) is 4. The standard InChI is InChI=1S/C22H48N4/c1-23-13-19-25(3,20-14-23)17-11-9-7-5-6-8-10-12-18-26(4)21-15-24(2)16-22-26/h5-22H2,1-4H3/q+2. The van der Waals surface area contributed by atoms with Gasteiger partial charge >= 0.3 is 0 Å². The predicted octanol–water partition coefficient (Wildman–Crippen LogP) is 2.89. The molecule has 0 radical (unpaired) electrons. The van der Waals surface area contributed by atoms with Gasteiger partial charge in [-0.25, -0.2) is 0 Å². The second-order valence-corrected chi connectivity index (χ2v) is 10.0. The van der Waals surface area contributed by atoms with Crippen molar-refractivity contribution in [1.82, 2.24) is 9.80 Å². The first-order chi connectivity index (χ1) is 12.4. The summed E-state index contributed by atoms with van der Waals surface area (Å²) in [5, 5.41) is 0. The Labute approximate surface area is 164 Å². The second-order valence-electron chi connectivity index (χ2n) is 10.0. The molecule has 0 bridgehead atoms. The average molecular weight is 369 g/mol. The summed E-state index contributed by atoms with van der Waals surface area (Å²) in [6.45, 7) is 13.3. The fraction of sp³-hybridized carbons (Fsp3) is 1.00. The Kier molecular flexibility index (Phi) is 9.36. The van der Waals surface area contributed by atoms with Gasteiger partial charge in [0, 0.05) is 26.2 Å². The molecule has 0 aromatic heterocycles. The van der Waals surface area contributed by atoms with Crippen molar-refractivity contribution in [3.63, 3.8) is 0 Å². The van der Waals surface area contributed by atoms with Gasteiger partial charge in [-0.1, -0.05) is 25.7 Å². The Morgan fingerprint density at radius 2 is 0.769 bits per heavy atom. The van der Waals surface area contributed by atoms with Gasteiger partial charge in [0.15, 0.2) is 0 Å². The molecule has 0 spiro atoms. The van der Waals surface area contributed by atoms with E-state index in [-0.39, 0.29) is 0 Å². The molecule has 0 atom stereocenters. The number of rotatable bonds is 11. The minimum atomic E-state index is 1.28. The van der Waals surface area contributed by atoms with E-state index >= 15 is 0 Å². The van der Waals surface area contributed by atoms with E-state index in [1.165, 1.54) is 126 Å². The van der Waals surface area contributed by atoms with Gasteiger partial charge in [0.2, 0.25) is 0 Å². The van der Waals surface area contributed by atoms with E-state index in [1.807, 2.05) is 0 Å². The monoisotopic (exact) mass is 368 g/mol. The summed E-state index contributed by atoms with van der Waals surface area (Å²) in [7, 11) is 9.46. The summed E-state index contributed by atoms with van der Waals surface area (Å²) in [6, 6.07) is 0. The van der Waals surface area contributed by atoms with Crippen LogP contribution in [-0.4, -0.2) is 112 Å². The fourth-order valence-corrected chi connectivity index (χ4v) is 4.59. The SMILES string of the molecule is CN1CC[N+](C)(CCCCCCCCCC[N+]2(C)CCN(C)CC2)CC1. The van der Waals surface area contributed by atoms with Crippen molar-refractivity contribution in [3.8, 4) is 0 Å². The zero-order valence-electron chi connectivity index (χ0n) is 18.5. The zero-order chi connectivity index (χ0) is 18.9. The Hall–Kier alpha value is -0.160. The van der Waals surface area contributed by atoms with E-state index in [4.69, 9.17) is 0 Å². The Morgan fingerprint density at radius 3 is 1.08 bits per heavy atom. The third kappa shape index (κ3) is 8.24. The second kappa shape index (κ2) is 11.0. The van der Waals surface area contributed by atoms with Crippen LogP contribution in [-0.2, 0) is 0 Å². The van der Waals surface area contributed by atoms with Crippen molar-refractivity contribution in [2.45, 2.75) is 51.4 Å². The van der Waals surface area contributed by atoms with Crippen LogP contribution in [0.25, 0.3) is 0 Å². The highest BCUT2D eigenvalue weighted by Gasteiger charge is 2.27. The van der Waals surface area contributed by atoms with Crippen molar-refractivity contribution < 1.29 is 8.97 Å². The molecule has 2 aliphatic heterocycles. The van der Waals surface area contributed by atoms with Crippen molar-refractivity contribution in [2.75, 3.05) is 93.6 Å². The van der Waals surface area contributed by atoms with E-state index in [9.17, 15) is 0 Å². The van der Waals surface area contributed by atoms with Crippen LogP contribution in [0.3, 0.4) is 0 Å². The molecule has 0 aromatic rings. The van der Waals surface area contributed by atoms with Crippen molar-refractivity contribution in [1.29, 1.82) is 0 Å². The first-order valence-corrected chi connectivity index (χ1v) is 11.5. The van der Waals surface area contributed by atoms with Crippen molar-refractivity contribution >= 4 is 0 Å². The number of hydrogen-bond donors (Lipinski definition) is 0. The van der Waals surface area contributed by atoms with Gasteiger partial charge < -0.3 is 8.97 Å². The summed E-state index contributed by atoms with van der Waals surface area (Å²) < 4.78 is 2.63. The number of quaternary nitrogens is 2. The Morgan fingerprint density at radius 1 is 0.500 bits per heavy atom. The van der Waals surface area contributed by atoms with Crippen LogP contribution in [0.4, 0.5) is 0 Å². The minimum Gasteiger partial charge on any atom is -0.324 e. The molecule has 0 amide bonds. The molecular formula is C22H48N4+2. The van der Waals surface area contributed by atoms with Crippen LogP contribution in [0.1, 0.15) is 51.4 Å². The molecule has 0 unspecified atom stereocenters. The molecule has 2 saturated heterocycles. The van der Waals surface area contributed by atoms with Gasteiger partial charge in [-0.15, -0.1) is 0 Å². The number of hydrogen-bond acceptors (Lipinski definition) is 2. The van der Waals surface area contributed by atoms with Gasteiger partial charge in [0.1, 0.15) is 0 Å². The normalized spacial score (nSPS) is 24.0. The van der Waals surface area contributed by atoms with Gasteiger partial charge in [-0.05, 0) is 39.8 Å². The van der Waals surface area contributed by atoms with Crippen molar-refractivity contribution in [2.24, 2.45) is 0 Å². The van der Waals surface area contributed by atoms with E-state index in [2.05, 4.69) is 38.0 Å².